The number of aryl methyl sites for hydroxylation is 1. The van der Waals surface area contributed by atoms with Crippen LogP contribution in [0.3, 0.4) is 0 Å². The number of H-pyrrole nitrogens is 1. The van der Waals surface area contributed by atoms with Crippen LogP contribution in [-0.2, 0) is 6.42 Å². The molecular formula is C22H31N5O. The predicted octanol–water partition coefficient (Wildman–Crippen LogP) is 3.50. The van der Waals surface area contributed by atoms with Gasteiger partial charge in [0.05, 0.1) is 0 Å². The summed E-state index contributed by atoms with van der Waals surface area (Å²) in [6, 6.07) is 5.69. The Morgan fingerprint density at radius 2 is 1.96 bits per heavy atom. The summed E-state index contributed by atoms with van der Waals surface area (Å²) in [5.41, 5.74) is 1.41. The number of hydrogen-bond acceptors (Lipinski definition) is 5. The second kappa shape index (κ2) is 10.6. The van der Waals surface area contributed by atoms with Crippen LogP contribution in [0, 0.1) is 5.92 Å². The first-order valence-corrected chi connectivity index (χ1v) is 9.74. The maximum absolute atomic E-state index is 11.8. The van der Waals surface area contributed by atoms with Crippen molar-refractivity contribution in [3.8, 4) is 11.4 Å². The van der Waals surface area contributed by atoms with E-state index < -0.39 is 0 Å². The minimum absolute atomic E-state index is 0.145. The second-order valence-corrected chi connectivity index (χ2v) is 7.09. The van der Waals surface area contributed by atoms with Crippen LogP contribution >= 0.6 is 0 Å². The fourth-order valence-corrected chi connectivity index (χ4v) is 3.14. The molecule has 0 amide bonds. The van der Waals surface area contributed by atoms with E-state index in [0.717, 1.165) is 36.7 Å². The van der Waals surface area contributed by atoms with Crippen molar-refractivity contribution in [2.75, 3.05) is 25.0 Å². The highest BCUT2D eigenvalue weighted by molar-refractivity contribution is 5.55. The number of aromatic amines is 1. The summed E-state index contributed by atoms with van der Waals surface area (Å²) in [4.78, 5) is 25.9. The third-order valence-electron chi connectivity index (χ3n) is 4.65. The summed E-state index contributed by atoms with van der Waals surface area (Å²) >= 11 is 0. The lowest BCUT2D eigenvalue weighted by atomic mass is 10.0. The fraction of sp³-hybridized carbons (Fsp3) is 0.409. The molecule has 2 aromatic rings. The van der Waals surface area contributed by atoms with Crippen LogP contribution in [0.2, 0.25) is 0 Å². The van der Waals surface area contributed by atoms with Gasteiger partial charge in [0, 0.05) is 49.2 Å². The van der Waals surface area contributed by atoms with Crippen molar-refractivity contribution < 1.29 is 0 Å². The normalized spacial score (nSPS) is 12.2. The minimum Gasteiger partial charge on any atom is -0.368 e. The van der Waals surface area contributed by atoms with Crippen molar-refractivity contribution in [2.45, 2.75) is 33.2 Å². The smallest absolute Gasteiger partial charge is 0.251 e. The second-order valence-electron chi connectivity index (χ2n) is 7.09. The van der Waals surface area contributed by atoms with Crippen molar-refractivity contribution in [1.82, 2.24) is 19.9 Å². The van der Waals surface area contributed by atoms with Crippen molar-refractivity contribution in [2.24, 2.45) is 5.92 Å². The quantitative estimate of drug-likeness (QED) is 0.583. The molecule has 0 bridgehead atoms. The van der Waals surface area contributed by atoms with Gasteiger partial charge in [0.25, 0.3) is 5.56 Å². The van der Waals surface area contributed by atoms with E-state index in [1.54, 1.807) is 6.20 Å². The molecule has 2 aromatic heterocycles. The van der Waals surface area contributed by atoms with Crippen LogP contribution < -0.4 is 10.9 Å². The van der Waals surface area contributed by atoms with Gasteiger partial charge in [-0.1, -0.05) is 32.9 Å². The standard InChI is InChI=1S/C22H31N5O/c1-6-11-27(12-7-2)19(16(4)5)15-24-20-10-9-17(14-23-20)22-25-18(8-3)13-21(28)26-22/h6-7,9-10,13-14,16,19H,1-2,8,11-12,15H2,3-5H3,(H,23,24)(H,25,26,28). The molecule has 2 N–H and O–H groups in total. The van der Waals surface area contributed by atoms with E-state index in [1.807, 2.05) is 31.2 Å². The molecule has 0 spiro atoms. The molecule has 0 fully saturated rings. The Hall–Kier alpha value is -2.73. The zero-order valence-corrected chi connectivity index (χ0v) is 17.1. The highest BCUT2D eigenvalue weighted by Gasteiger charge is 2.20. The highest BCUT2D eigenvalue weighted by atomic mass is 16.1. The lowest BCUT2D eigenvalue weighted by Gasteiger charge is -2.33. The molecule has 1 atom stereocenters. The number of anilines is 1. The summed E-state index contributed by atoms with van der Waals surface area (Å²) in [5, 5.41) is 3.42. The van der Waals surface area contributed by atoms with Gasteiger partial charge >= 0.3 is 0 Å². The fourth-order valence-electron chi connectivity index (χ4n) is 3.14. The van der Waals surface area contributed by atoms with Gasteiger partial charge in [-0.2, -0.15) is 0 Å². The van der Waals surface area contributed by atoms with Crippen LogP contribution in [0.1, 0.15) is 26.5 Å². The molecule has 28 heavy (non-hydrogen) atoms. The summed E-state index contributed by atoms with van der Waals surface area (Å²) in [6.07, 6.45) is 6.29. The van der Waals surface area contributed by atoms with Gasteiger partial charge in [-0.3, -0.25) is 9.69 Å². The third-order valence-corrected chi connectivity index (χ3v) is 4.65. The molecule has 6 nitrogen and oxygen atoms in total. The van der Waals surface area contributed by atoms with E-state index in [9.17, 15) is 4.79 Å². The summed E-state index contributed by atoms with van der Waals surface area (Å²) in [7, 11) is 0. The van der Waals surface area contributed by atoms with Crippen LogP contribution in [0.5, 0.6) is 0 Å². The molecule has 0 aliphatic rings. The summed E-state index contributed by atoms with van der Waals surface area (Å²) in [5.74, 6) is 1.81. The predicted molar refractivity (Wildman–Crippen MR) is 117 cm³/mol. The SMILES string of the molecule is C=CCN(CC=C)C(CNc1ccc(-c2nc(CC)cc(=O)[nH]2)cn1)C(C)C. The zero-order chi connectivity index (χ0) is 20.5. The number of aromatic nitrogens is 3. The molecule has 6 heteroatoms. The molecule has 0 saturated heterocycles. The number of hydrogen-bond donors (Lipinski definition) is 2. The van der Waals surface area contributed by atoms with Gasteiger partial charge in [-0.15, -0.1) is 13.2 Å². The van der Waals surface area contributed by atoms with Crippen molar-refractivity contribution in [1.29, 1.82) is 0 Å². The molecule has 0 aromatic carbocycles. The molecular weight excluding hydrogens is 350 g/mol. The lowest BCUT2D eigenvalue weighted by molar-refractivity contribution is 0.199. The molecule has 2 rings (SSSR count). The van der Waals surface area contributed by atoms with Gasteiger partial charge in [-0.05, 0) is 24.5 Å². The maximum atomic E-state index is 11.8. The van der Waals surface area contributed by atoms with Crippen LogP contribution in [-0.4, -0.2) is 45.5 Å². The first-order valence-electron chi connectivity index (χ1n) is 9.74. The van der Waals surface area contributed by atoms with E-state index in [1.165, 1.54) is 6.07 Å². The van der Waals surface area contributed by atoms with Crippen LogP contribution in [0.15, 0.2) is 54.5 Å². The number of rotatable bonds is 11. The molecule has 0 aliphatic heterocycles. The Morgan fingerprint density at radius 3 is 2.50 bits per heavy atom. The van der Waals surface area contributed by atoms with E-state index >= 15 is 0 Å². The van der Waals surface area contributed by atoms with E-state index in [2.05, 4.69) is 52.2 Å². The summed E-state index contributed by atoms with van der Waals surface area (Å²) < 4.78 is 0. The highest BCUT2D eigenvalue weighted by Crippen LogP contribution is 2.16. The number of pyridine rings is 1. The molecule has 150 valence electrons. The average Bonchev–Trinajstić information content (AvgIpc) is 2.68. The Balaban J connectivity index is 2.10. The Bertz CT molecular complexity index is 816. The Labute approximate surface area is 167 Å². The molecule has 2 heterocycles. The average molecular weight is 382 g/mol. The van der Waals surface area contributed by atoms with Crippen molar-refractivity contribution >= 4 is 5.82 Å². The summed E-state index contributed by atoms with van der Waals surface area (Å²) in [6.45, 7) is 16.5. The minimum atomic E-state index is -0.145. The van der Waals surface area contributed by atoms with E-state index in [4.69, 9.17) is 0 Å². The van der Waals surface area contributed by atoms with E-state index in [-0.39, 0.29) is 5.56 Å². The number of nitrogens with one attached hydrogen (secondary N) is 2. The lowest BCUT2D eigenvalue weighted by Crippen LogP contribution is -2.43. The zero-order valence-electron chi connectivity index (χ0n) is 17.1. The first kappa shape index (κ1) is 21.6. The van der Waals surface area contributed by atoms with E-state index in [0.29, 0.717) is 24.2 Å². The number of nitrogens with zero attached hydrogens (tertiary/aromatic N) is 3. The Kier molecular flexibility index (Phi) is 8.14. The van der Waals surface area contributed by atoms with Gasteiger partial charge in [0.1, 0.15) is 11.6 Å². The van der Waals surface area contributed by atoms with Gasteiger partial charge < -0.3 is 10.3 Å². The molecule has 0 radical (unpaired) electrons. The van der Waals surface area contributed by atoms with Crippen molar-refractivity contribution in [3.05, 3.63) is 65.8 Å². The van der Waals surface area contributed by atoms with Crippen LogP contribution in [0.4, 0.5) is 5.82 Å². The first-order chi connectivity index (χ1) is 13.5. The van der Waals surface area contributed by atoms with Gasteiger partial charge in [0.2, 0.25) is 0 Å². The third kappa shape index (κ3) is 5.89. The monoisotopic (exact) mass is 381 g/mol. The van der Waals surface area contributed by atoms with Crippen LogP contribution in [0.25, 0.3) is 11.4 Å². The topological polar surface area (TPSA) is 73.9 Å². The molecule has 0 saturated carbocycles. The van der Waals surface area contributed by atoms with Gasteiger partial charge in [0.15, 0.2) is 0 Å². The molecule has 1 unspecified atom stereocenters. The molecule has 0 aliphatic carbocycles. The Morgan fingerprint density at radius 1 is 1.25 bits per heavy atom. The van der Waals surface area contributed by atoms with Crippen molar-refractivity contribution in [3.63, 3.8) is 0 Å². The maximum Gasteiger partial charge on any atom is 0.251 e. The largest absolute Gasteiger partial charge is 0.368 e. The van der Waals surface area contributed by atoms with Gasteiger partial charge in [-0.25, -0.2) is 9.97 Å².